The Bertz CT molecular complexity index is 760. The van der Waals surface area contributed by atoms with Gasteiger partial charge in [-0.15, -0.1) is 0 Å². The molecule has 0 bridgehead atoms. The molecule has 0 saturated carbocycles. The van der Waals surface area contributed by atoms with Crippen molar-refractivity contribution >= 4 is 22.0 Å². The van der Waals surface area contributed by atoms with Gasteiger partial charge in [-0.25, -0.2) is 4.79 Å². The highest BCUT2D eigenvalue weighted by Gasteiger charge is 2.29. The fraction of sp³-hybridized carbons (Fsp3) is 0.444. The summed E-state index contributed by atoms with van der Waals surface area (Å²) in [5.41, 5.74) is 3.81. The largest absolute Gasteiger partial charge is 0.444 e. The van der Waals surface area contributed by atoms with Crippen molar-refractivity contribution in [3.63, 3.8) is 0 Å². The Hall–Kier alpha value is -1.82. The molecule has 0 fully saturated rings. The van der Waals surface area contributed by atoms with Gasteiger partial charge in [-0.1, -0.05) is 28.1 Å². The van der Waals surface area contributed by atoms with Crippen LogP contribution in [0.25, 0.3) is 11.3 Å². The van der Waals surface area contributed by atoms with E-state index in [4.69, 9.17) is 4.74 Å². The number of fused-ring (bicyclic) bond motifs is 1. The number of halogens is 1. The van der Waals surface area contributed by atoms with Gasteiger partial charge in [0.25, 0.3) is 0 Å². The van der Waals surface area contributed by atoms with Crippen LogP contribution in [0, 0.1) is 0 Å². The molecule has 0 saturated heterocycles. The van der Waals surface area contributed by atoms with Crippen LogP contribution in [0.3, 0.4) is 0 Å². The third-order valence-corrected chi connectivity index (χ3v) is 4.54. The van der Waals surface area contributed by atoms with Gasteiger partial charge in [0, 0.05) is 41.3 Å². The minimum atomic E-state index is -0.485. The Morgan fingerprint density at radius 3 is 2.54 bits per heavy atom. The van der Waals surface area contributed by atoms with E-state index in [1.54, 1.807) is 4.90 Å². The van der Waals surface area contributed by atoms with Gasteiger partial charge in [0.1, 0.15) is 5.60 Å². The monoisotopic (exact) mass is 391 g/mol. The Kier molecular flexibility index (Phi) is 4.42. The molecule has 1 aliphatic heterocycles. The third kappa shape index (κ3) is 3.48. The zero-order valence-corrected chi connectivity index (χ0v) is 16.1. The van der Waals surface area contributed by atoms with Gasteiger partial charge in [0.05, 0.1) is 12.2 Å². The summed E-state index contributed by atoms with van der Waals surface area (Å²) in [6.07, 6.45) is 0.521. The molecule has 1 aromatic heterocycles. The first-order valence-electron chi connectivity index (χ1n) is 8.03. The Morgan fingerprint density at radius 2 is 1.92 bits per heavy atom. The summed E-state index contributed by atoms with van der Waals surface area (Å²) in [5.74, 6) is 0. The molecule has 2 heterocycles. The maximum Gasteiger partial charge on any atom is 0.410 e. The number of amides is 1. The van der Waals surface area contributed by atoms with Crippen LogP contribution >= 0.6 is 15.9 Å². The van der Waals surface area contributed by atoms with Crippen molar-refractivity contribution in [1.82, 2.24) is 14.7 Å². The fourth-order valence-electron chi connectivity index (χ4n) is 2.91. The Morgan fingerprint density at radius 1 is 1.25 bits per heavy atom. The first kappa shape index (κ1) is 17.0. The van der Waals surface area contributed by atoms with Crippen LogP contribution in [0.4, 0.5) is 4.79 Å². The summed E-state index contributed by atoms with van der Waals surface area (Å²) in [7, 11) is 1.96. The normalized spacial score (nSPS) is 14.5. The lowest BCUT2D eigenvalue weighted by Gasteiger charge is -2.30. The number of hydrogen-bond acceptors (Lipinski definition) is 3. The second kappa shape index (κ2) is 6.24. The van der Waals surface area contributed by atoms with Crippen LogP contribution < -0.4 is 0 Å². The second-order valence-electron chi connectivity index (χ2n) is 7.06. The van der Waals surface area contributed by atoms with E-state index in [2.05, 4.69) is 21.0 Å². The summed E-state index contributed by atoms with van der Waals surface area (Å²) in [6, 6.07) is 8.09. The van der Waals surface area contributed by atoms with Crippen molar-refractivity contribution in [2.24, 2.45) is 7.05 Å². The quantitative estimate of drug-likeness (QED) is 0.733. The minimum Gasteiger partial charge on any atom is -0.444 e. The zero-order valence-electron chi connectivity index (χ0n) is 14.5. The SMILES string of the molecule is Cn1nc(-c2ccc(Br)cc2)c2c1CCN(C(=O)OC(C)(C)C)C2. The fourth-order valence-corrected chi connectivity index (χ4v) is 3.18. The smallest absolute Gasteiger partial charge is 0.410 e. The highest BCUT2D eigenvalue weighted by atomic mass is 79.9. The van der Waals surface area contributed by atoms with E-state index in [9.17, 15) is 4.79 Å². The lowest BCUT2D eigenvalue weighted by atomic mass is 10.0. The van der Waals surface area contributed by atoms with Gasteiger partial charge in [-0.2, -0.15) is 5.10 Å². The molecule has 3 rings (SSSR count). The molecule has 1 aromatic carbocycles. The van der Waals surface area contributed by atoms with Crippen molar-refractivity contribution in [2.45, 2.75) is 39.3 Å². The first-order valence-corrected chi connectivity index (χ1v) is 8.82. The van der Waals surface area contributed by atoms with Crippen LogP contribution in [0.15, 0.2) is 28.7 Å². The second-order valence-corrected chi connectivity index (χ2v) is 7.97. The lowest BCUT2D eigenvalue weighted by Crippen LogP contribution is -2.40. The van der Waals surface area contributed by atoms with Crippen LogP contribution in [0.1, 0.15) is 32.0 Å². The molecule has 0 spiro atoms. The van der Waals surface area contributed by atoms with Crippen molar-refractivity contribution < 1.29 is 9.53 Å². The van der Waals surface area contributed by atoms with Crippen LogP contribution in [-0.2, 0) is 24.8 Å². The summed E-state index contributed by atoms with van der Waals surface area (Å²) in [6.45, 7) is 6.84. The maximum absolute atomic E-state index is 12.4. The lowest BCUT2D eigenvalue weighted by molar-refractivity contribution is 0.0223. The van der Waals surface area contributed by atoms with Crippen LogP contribution in [-0.4, -0.2) is 32.9 Å². The van der Waals surface area contributed by atoms with Gasteiger partial charge in [-0.05, 0) is 32.9 Å². The molecule has 5 nitrogen and oxygen atoms in total. The number of rotatable bonds is 1. The molecule has 1 amide bonds. The van der Waals surface area contributed by atoms with E-state index in [1.807, 2.05) is 56.8 Å². The molecule has 0 radical (unpaired) electrons. The van der Waals surface area contributed by atoms with Crippen LogP contribution in [0.2, 0.25) is 0 Å². The summed E-state index contributed by atoms with van der Waals surface area (Å²) in [4.78, 5) is 14.2. The van der Waals surface area contributed by atoms with Crippen LogP contribution in [0.5, 0.6) is 0 Å². The summed E-state index contributed by atoms with van der Waals surface area (Å²) < 4.78 is 8.48. The molecule has 2 aromatic rings. The maximum atomic E-state index is 12.4. The molecule has 6 heteroatoms. The van der Waals surface area contributed by atoms with Gasteiger partial charge in [-0.3, -0.25) is 4.68 Å². The number of hydrogen-bond donors (Lipinski definition) is 0. The molecule has 24 heavy (non-hydrogen) atoms. The average Bonchev–Trinajstić information content (AvgIpc) is 2.83. The molecule has 0 aliphatic carbocycles. The standard InChI is InChI=1S/C18H22BrN3O2/c1-18(2,3)24-17(23)22-10-9-15-14(11-22)16(20-21(15)4)12-5-7-13(19)8-6-12/h5-8H,9-11H2,1-4H3. The molecule has 0 unspecified atom stereocenters. The number of ether oxygens (including phenoxy) is 1. The Balaban J connectivity index is 1.90. The predicted octanol–water partition coefficient (Wildman–Crippen LogP) is 4.14. The number of nitrogens with zero attached hydrogens (tertiary/aromatic N) is 3. The number of aromatic nitrogens is 2. The molecule has 128 valence electrons. The van der Waals surface area contributed by atoms with Gasteiger partial charge < -0.3 is 9.64 Å². The molecule has 1 aliphatic rings. The van der Waals surface area contributed by atoms with Crippen molar-refractivity contribution in [3.8, 4) is 11.3 Å². The zero-order chi connectivity index (χ0) is 17.5. The number of carbonyl (C=O) groups excluding carboxylic acids is 1. The number of benzene rings is 1. The van der Waals surface area contributed by atoms with E-state index < -0.39 is 5.60 Å². The number of aryl methyl sites for hydroxylation is 1. The molecule has 0 atom stereocenters. The van der Waals surface area contributed by atoms with Crippen molar-refractivity contribution in [2.75, 3.05) is 6.54 Å². The molecular formula is C18H22BrN3O2. The molecular weight excluding hydrogens is 370 g/mol. The van der Waals surface area contributed by atoms with E-state index in [0.717, 1.165) is 27.7 Å². The third-order valence-electron chi connectivity index (χ3n) is 4.01. The highest BCUT2D eigenvalue weighted by molar-refractivity contribution is 9.10. The minimum absolute atomic E-state index is 0.265. The van der Waals surface area contributed by atoms with E-state index in [-0.39, 0.29) is 6.09 Å². The topological polar surface area (TPSA) is 47.4 Å². The predicted molar refractivity (Wildman–Crippen MR) is 96.7 cm³/mol. The molecule has 0 N–H and O–H groups in total. The van der Waals surface area contributed by atoms with Crippen molar-refractivity contribution in [3.05, 3.63) is 40.0 Å². The van der Waals surface area contributed by atoms with E-state index >= 15 is 0 Å². The average molecular weight is 392 g/mol. The first-order chi connectivity index (χ1) is 11.2. The van der Waals surface area contributed by atoms with Gasteiger partial charge >= 0.3 is 6.09 Å². The van der Waals surface area contributed by atoms with Crippen molar-refractivity contribution in [1.29, 1.82) is 0 Å². The summed E-state index contributed by atoms with van der Waals surface area (Å²) in [5, 5.41) is 4.68. The van der Waals surface area contributed by atoms with Gasteiger partial charge in [0.15, 0.2) is 0 Å². The van der Waals surface area contributed by atoms with Gasteiger partial charge in [0.2, 0.25) is 0 Å². The van der Waals surface area contributed by atoms with E-state index in [0.29, 0.717) is 13.1 Å². The Labute approximate surface area is 150 Å². The number of carbonyl (C=O) groups is 1. The van der Waals surface area contributed by atoms with E-state index in [1.165, 1.54) is 5.69 Å². The highest BCUT2D eigenvalue weighted by Crippen LogP contribution is 2.31. The summed E-state index contributed by atoms with van der Waals surface area (Å²) >= 11 is 3.46.